The van der Waals surface area contributed by atoms with Gasteiger partial charge in [0, 0.05) is 23.9 Å². The van der Waals surface area contributed by atoms with Crippen molar-refractivity contribution in [1.29, 1.82) is 0 Å². The third-order valence-electron chi connectivity index (χ3n) is 5.26. The number of anilines is 1. The van der Waals surface area contributed by atoms with Crippen molar-refractivity contribution in [3.63, 3.8) is 0 Å². The van der Waals surface area contributed by atoms with Crippen molar-refractivity contribution in [2.45, 2.75) is 13.1 Å². The van der Waals surface area contributed by atoms with E-state index in [1.165, 1.54) is 23.9 Å². The van der Waals surface area contributed by atoms with E-state index in [1.807, 2.05) is 19.1 Å². The predicted molar refractivity (Wildman–Crippen MR) is 128 cm³/mol. The second-order valence-corrected chi connectivity index (χ2v) is 7.91. The maximum absolute atomic E-state index is 13.0. The molecule has 1 heterocycles. The fourth-order valence-corrected chi connectivity index (χ4v) is 3.34. The molecular formula is C26H23F3N4O3. The summed E-state index contributed by atoms with van der Waals surface area (Å²) in [4.78, 5) is 16.9. The zero-order valence-corrected chi connectivity index (χ0v) is 19.5. The van der Waals surface area contributed by atoms with E-state index in [-0.39, 0.29) is 18.5 Å². The van der Waals surface area contributed by atoms with Crippen LogP contribution in [-0.4, -0.2) is 41.0 Å². The maximum atomic E-state index is 13.0. The van der Waals surface area contributed by atoms with Crippen LogP contribution in [0.4, 0.5) is 18.9 Å². The molecule has 0 aliphatic heterocycles. The number of nitrogens with one attached hydrogen (secondary N) is 1. The highest BCUT2D eigenvalue weighted by atomic mass is 19.4. The Morgan fingerprint density at radius 2 is 1.61 bits per heavy atom. The van der Waals surface area contributed by atoms with Crippen molar-refractivity contribution >= 4 is 11.6 Å². The number of alkyl halides is 3. The van der Waals surface area contributed by atoms with Crippen LogP contribution >= 0.6 is 0 Å². The summed E-state index contributed by atoms with van der Waals surface area (Å²) in [6.07, 6.45) is -4.44. The van der Waals surface area contributed by atoms with Gasteiger partial charge in [-0.3, -0.25) is 4.79 Å². The van der Waals surface area contributed by atoms with Crippen LogP contribution in [0, 0.1) is 6.92 Å². The average molecular weight is 496 g/mol. The van der Waals surface area contributed by atoms with E-state index in [4.69, 9.17) is 9.47 Å². The number of amides is 1. The van der Waals surface area contributed by atoms with Gasteiger partial charge < -0.3 is 14.8 Å². The number of nitrogens with zero attached hydrogens (tertiary/aromatic N) is 3. The minimum absolute atomic E-state index is 0.0544. The van der Waals surface area contributed by atoms with E-state index in [9.17, 15) is 18.0 Å². The molecule has 1 aromatic heterocycles. The quantitative estimate of drug-likeness (QED) is 0.324. The number of benzene rings is 3. The summed E-state index contributed by atoms with van der Waals surface area (Å²) < 4.78 is 51.0. The van der Waals surface area contributed by atoms with Crippen LogP contribution in [0.15, 0.2) is 72.8 Å². The zero-order chi connectivity index (χ0) is 25.7. The number of aryl methyl sites for hydroxylation is 1. The molecule has 36 heavy (non-hydrogen) atoms. The van der Waals surface area contributed by atoms with E-state index in [1.54, 1.807) is 36.4 Å². The molecule has 4 rings (SSSR count). The summed E-state index contributed by atoms with van der Waals surface area (Å²) in [5.74, 6) is 0.0513. The number of carbonyl (C=O) groups excluding carboxylic acids is 1. The predicted octanol–water partition coefficient (Wildman–Crippen LogP) is 5.54. The number of methoxy groups -OCH3 is 1. The Hall–Kier alpha value is -4.18. The maximum Gasteiger partial charge on any atom is 0.416 e. The Morgan fingerprint density at radius 1 is 0.944 bits per heavy atom. The van der Waals surface area contributed by atoms with Crippen molar-refractivity contribution < 1.29 is 27.4 Å². The summed E-state index contributed by atoms with van der Waals surface area (Å²) in [6, 6.07) is 18.7. The fourth-order valence-electron chi connectivity index (χ4n) is 3.34. The smallest absolute Gasteiger partial charge is 0.416 e. The number of ether oxygens (including phenoxy) is 2. The van der Waals surface area contributed by atoms with Gasteiger partial charge >= 0.3 is 12.2 Å². The summed E-state index contributed by atoms with van der Waals surface area (Å²) in [5.41, 5.74) is 2.39. The Bertz CT molecular complexity index is 1320. The molecule has 0 spiro atoms. The minimum atomic E-state index is -4.44. The molecule has 0 saturated carbocycles. The molecular weight excluding hydrogens is 473 g/mol. The Balaban J connectivity index is 1.60. The molecule has 1 N–H and O–H groups in total. The lowest BCUT2D eigenvalue weighted by Gasteiger charge is -2.10. The van der Waals surface area contributed by atoms with Crippen molar-refractivity contribution in [2.75, 3.05) is 25.6 Å². The van der Waals surface area contributed by atoms with E-state index in [2.05, 4.69) is 15.4 Å². The fraction of sp³-hybridized carbons (Fsp3) is 0.192. The van der Waals surface area contributed by atoms with Gasteiger partial charge in [0.2, 0.25) is 0 Å². The molecule has 3 aromatic carbocycles. The normalized spacial score (nSPS) is 11.4. The molecule has 1 amide bonds. The minimum Gasteiger partial charge on any atom is -0.460 e. The van der Waals surface area contributed by atoms with Gasteiger partial charge in [-0.2, -0.15) is 18.2 Å². The van der Waals surface area contributed by atoms with Crippen LogP contribution in [0.5, 0.6) is 6.01 Å². The first-order chi connectivity index (χ1) is 17.2. The highest BCUT2D eigenvalue weighted by Crippen LogP contribution is 2.31. The number of halogens is 3. The summed E-state index contributed by atoms with van der Waals surface area (Å²) in [5, 5.41) is 7.20. The Kier molecular flexibility index (Phi) is 7.35. The van der Waals surface area contributed by atoms with Crippen LogP contribution in [0.1, 0.15) is 21.5 Å². The van der Waals surface area contributed by atoms with E-state index in [0.717, 1.165) is 17.7 Å². The van der Waals surface area contributed by atoms with Gasteiger partial charge in [-0.25, -0.2) is 4.68 Å². The lowest BCUT2D eigenvalue weighted by Crippen LogP contribution is -2.11. The van der Waals surface area contributed by atoms with Gasteiger partial charge in [0.05, 0.1) is 17.9 Å². The number of carbonyl (C=O) groups is 1. The van der Waals surface area contributed by atoms with Gasteiger partial charge in [-0.1, -0.05) is 29.8 Å². The summed E-state index contributed by atoms with van der Waals surface area (Å²) >= 11 is 0. The van der Waals surface area contributed by atoms with Crippen LogP contribution in [0.25, 0.3) is 17.1 Å². The van der Waals surface area contributed by atoms with Crippen LogP contribution in [0.3, 0.4) is 0 Å². The third kappa shape index (κ3) is 5.89. The number of aromatic nitrogens is 3. The van der Waals surface area contributed by atoms with Crippen molar-refractivity contribution in [3.05, 3.63) is 89.5 Å². The first-order valence-electron chi connectivity index (χ1n) is 11.0. The number of hydrogen-bond donors (Lipinski definition) is 1. The zero-order valence-electron chi connectivity index (χ0n) is 19.5. The van der Waals surface area contributed by atoms with Gasteiger partial charge in [0.25, 0.3) is 5.91 Å². The lowest BCUT2D eigenvalue weighted by atomic mass is 10.1. The van der Waals surface area contributed by atoms with E-state index in [0.29, 0.717) is 34.9 Å². The molecule has 186 valence electrons. The Labute approximate surface area is 205 Å². The second-order valence-electron chi connectivity index (χ2n) is 7.91. The molecule has 0 unspecified atom stereocenters. The standard InChI is InChI=1S/C26H23F3N4O3/c1-17-3-5-19(6-4-17)24(34)30-21-11-13-22(14-12-21)33-23(31-25(32-33)36-16-15-35-2)18-7-9-20(10-8-18)26(27,28)29/h3-14H,15-16H2,1-2H3,(H,30,34). The van der Waals surface area contributed by atoms with Crippen molar-refractivity contribution in [3.8, 4) is 23.1 Å². The molecule has 0 aliphatic rings. The molecule has 0 saturated heterocycles. The average Bonchev–Trinajstić information content (AvgIpc) is 3.29. The summed E-state index contributed by atoms with van der Waals surface area (Å²) in [6.45, 7) is 2.47. The first kappa shape index (κ1) is 24.9. The molecule has 7 nitrogen and oxygen atoms in total. The Morgan fingerprint density at radius 3 is 2.22 bits per heavy atom. The summed E-state index contributed by atoms with van der Waals surface area (Å²) in [7, 11) is 1.53. The lowest BCUT2D eigenvalue weighted by molar-refractivity contribution is -0.137. The SMILES string of the molecule is COCCOc1nc(-c2ccc(C(F)(F)F)cc2)n(-c2ccc(NC(=O)c3ccc(C)cc3)cc2)n1. The van der Waals surface area contributed by atoms with Crippen molar-refractivity contribution in [1.82, 2.24) is 14.8 Å². The molecule has 0 fully saturated rings. The van der Waals surface area contributed by atoms with E-state index >= 15 is 0 Å². The third-order valence-corrected chi connectivity index (χ3v) is 5.26. The first-order valence-corrected chi connectivity index (χ1v) is 11.0. The highest BCUT2D eigenvalue weighted by molar-refractivity contribution is 6.04. The molecule has 0 atom stereocenters. The number of rotatable bonds is 8. The van der Waals surface area contributed by atoms with E-state index < -0.39 is 11.7 Å². The second kappa shape index (κ2) is 10.6. The van der Waals surface area contributed by atoms with Gasteiger partial charge in [-0.05, 0) is 55.5 Å². The molecule has 10 heteroatoms. The topological polar surface area (TPSA) is 78.3 Å². The van der Waals surface area contributed by atoms with Crippen molar-refractivity contribution in [2.24, 2.45) is 0 Å². The van der Waals surface area contributed by atoms with Gasteiger partial charge in [-0.15, -0.1) is 5.10 Å². The van der Waals surface area contributed by atoms with Crippen LogP contribution in [-0.2, 0) is 10.9 Å². The molecule has 4 aromatic rings. The number of hydrogen-bond acceptors (Lipinski definition) is 5. The molecule has 0 aliphatic carbocycles. The largest absolute Gasteiger partial charge is 0.460 e. The van der Waals surface area contributed by atoms with Crippen LogP contribution in [0.2, 0.25) is 0 Å². The van der Waals surface area contributed by atoms with Gasteiger partial charge in [0.1, 0.15) is 6.61 Å². The molecule has 0 bridgehead atoms. The van der Waals surface area contributed by atoms with Gasteiger partial charge in [0.15, 0.2) is 5.82 Å². The van der Waals surface area contributed by atoms with Crippen LogP contribution < -0.4 is 10.1 Å². The highest BCUT2D eigenvalue weighted by Gasteiger charge is 2.30. The molecule has 0 radical (unpaired) electrons. The monoisotopic (exact) mass is 496 g/mol.